The number of nitrogens with zero attached hydrogens (tertiary/aromatic N) is 3. The number of amides is 2. The summed E-state index contributed by atoms with van der Waals surface area (Å²) in [6.07, 6.45) is 2.52. The Kier molecular flexibility index (Phi) is 7.08. The van der Waals surface area contributed by atoms with E-state index in [1.54, 1.807) is 24.5 Å². The second kappa shape index (κ2) is 9.93. The molecule has 9 heteroatoms. The minimum Gasteiger partial charge on any atom is -0.497 e. The fraction of sp³-hybridized carbons (Fsp3) is 0.238. The molecule has 0 spiro atoms. The SMILES string of the molecule is CCc1ccccc1-n1cnnc1SCC(=O)Nc1cc(OC)ccc1NC(C)=O. The zero-order valence-corrected chi connectivity index (χ0v) is 17.8. The number of nitrogens with one attached hydrogen (secondary N) is 2. The third kappa shape index (κ3) is 5.18. The summed E-state index contributed by atoms with van der Waals surface area (Å²) in [4.78, 5) is 24.0. The Morgan fingerprint density at radius 3 is 2.67 bits per heavy atom. The van der Waals surface area contributed by atoms with Gasteiger partial charge in [0, 0.05) is 13.0 Å². The summed E-state index contributed by atoms with van der Waals surface area (Å²) in [7, 11) is 1.54. The number of aromatic nitrogens is 3. The van der Waals surface area contributed by atoms with Crippen molar-refractivity contribution in [1.82, 2.24) is 14.8 Å². The first-order chi connectivity index (χ1) is 14.5. The second-order valence-electron chi connectivity index (χ2n) is 6.40. The van der Waals surface area contributed by atoms with E-state index in [9.17, 15) is 9.59 Å². The van der Waals surface area contributed by atoms with E-state index in [2.05, 4.69) is 33.8 Å². The van der Waals surface area contributed by atoms with Crippen molar-refractivity contribution in [3.8, 4) is 11.4 Å². The van der Waals surface area contributed by atoms with Crippen molar-refractivity contribution in [2.24, 2.45) is 0 Å². The molecule has 2 N–H and O–H groups in total. The van der Waals surface area contributed by atoms with Crippen LogP contribution in [-0.2, 0) is 16.0 Å². The van der Waals surface area contributed by atoms with Crippen molar-refractivity contribution in [2.45, 2.75) is 25.4 Å². The van der Waals surface area contributed by atoms with E-state index in [-0.39, 0.29) is 17.6 Å². The standard InChI is InChI=1S/C21H23N5O3S/c1-4-15-7-5-6-8-19(15)26-13-22-25-21(26)30-12-20(28)24-18-11-16(29-3)9-10-17(18)23-14(2)27/h5-11,13H,4,12H2,1-3H3,(H,23,27)(H,24,28). The van der Waals surface area contributed by atoms with Gasteiger partial charge in [-0.1, -0.05) is 36.9 Å². The lowest BCUT2D eigenvalue weighted by atomic mass is 10.1. The number of methoxy groups -OCH3 is 1. The van der Waals surface area contributed by atoms with Crippen molar-refractivity contribution < 1.29 is 14.3 Å². The summed E-state index contributed by atoms with van der Waals surface area (Å²) in [6, 6.07) is 13.1. The van der Waals surface area contributed by atoms with Crippen LogP contribution in [0, 0.1) is 0 Å². The molecule has 0 atom stereocenters. The third-order valence-corrected chi connectivity index (χ3v) is 5.24. The van der Waals surface area contributed by atoms with Gasteiger partial charge in [-0.15, -0.1) is 10.2 Å². The van der Waals surface area contributed by atoms with Crippen LogP contribution in [0.15, 0.2) is 53.9 Å². The molecule has 0 aliphatic rings. The molecular formula is C21H23N5O3S. The van der Waals surface area contributed by atoms with Crippen LogP contribution in [0.2, 0.25) is 0 Å². The van der Waals surface area contributed by atoms with Gasteiger partial charge in [0.05, 0.1) is 29.9 Å². The van der Waals surface area contributed by atoms with Gasteiger partial charge in [-0.3, -0.25) is 14.2 Å². The molecule has 0 aliphatic heterocycles. The number of aryl methyl sites for hydroxylation is 1. The molecular weight excluding hydrogens is 402 g/mol. The number of carbonyl (C=O) groups excluding carboxylic acids is 2. The van der Waals surface area contributed by atoms with Gasteiger partial charge in [0.15, 0.2) is 5.16 Å². The van der Waals surface area contributed by atoms with Crippen LogP contribution in [0.1, 0.15) is 19.4 Å². The third-order valence-electron chi connectivity index (χ3n) is 4.29. The summed E-state index contributed by atoms with van der Waals surface area (Å²) < 4.78 is 7.09. The Morgan fingerprint density at radius 2 is 1.93 bits per heavy atom. The normalized spacial score (nSPS) is 10.5. The number of hydrogen-bond donors (Lipinski definition) is 2. The summed E-state index contributed by atoms with van der Waals surface area (Å²) in [5, 5.41) is 14.3. The molecule has 30 heavy (non-hydrogen) atoms. The van der Waals surface area contributed by atoms with Gasteiger partial charge in [0.2, 0.25) is 11.8 Å². The molecule has 1 heterocycles. The number of hydrogen-bond acceptors (Lipinski definition) is 6. The Labute approximate surface area is 179 Å². The Morgan fingerprint density at radius 1 is 1.13 bits per heavy atom. The largest absolute Gasteiger partial charge is 0.497 e. The van der Waals surface area contributed by atoms with E-state index >= 15 is 0 Å². The molecule has 0 aliphatic carbocycles. The van der Waals surface area contributed by atoms with Crippen LogP contribution in [0.3, 0.4) is 0 Å². The highest BCUT2D eigenvalue weighted by molar-refractivity contribution is 7.99. The lowest BCUT2D eigenvalue weighted by molar-refractivity contribution is -0.115. The quantitative estimate of drug-likeness (QED) is 0.536. The summed E-state index contributed by atoms with van der Waals surface area (Å²) in [5.41, 5.74) is 3.13. The second-order valence-corrected chi connectivity index (χ2v) is 7.34. The van der Waals surface area contributed by atoms with E-state index < -0.39 is 0 Å². The first-order valence-electron chi connectivity index (χ1n) is 9.38. The topological polar surface area (TPSA) is 98.1 Å². The maximum atomic E-state index is 12.6. The molecule has 3 aromatic rings. The predicted octanol–water partition coefficient (Wildman–Crippen LogP) is 3.53. The molecule has 3 rings (SSSR count). The Bertz CT molecular complexity index is 1050. The number of rotatable bonds is 8. The monoisotopic (exact) mass is 425 g/mol. The lowest BCUT2D eigenvalue weighted by Gasteiger charge is -2.13. The number of thioether (sulfide) groups is 1. The zero-order chi connectivity index (χ0) is 21.5. The molecule has 0 radical (unpaired) electrons. The minimum atomic E-state index is -0.238. The van der Waals surface area contributed by atoms with Gasteiger partial charge in [-0.2, -0.15) is 0 Å². The Balaban J connectivity index is 1.72. The van der Waals surface area contributed by atoms with Gasteiger partial charge < -0.3 is 15.4 Å². The van der Waals surface area contributed by atoms with Crippen LogP contribution in [0.25, 0.3) is 5.69 Å². The van der Waals surface area contributed by atoms with Gasteiger partial charge in [0.25, 0.3) is 0 Å². The Hall–Kier alpha value is -3.33. The van der Waals surface area contributed by atoms with E-state index in [0.717, 1.165) is 12.1 Å². The maximum Gasteiger partial charge on any atom is 0.234 e. The van der Waals surface area contributed by atoms with Crippen LogP contribution < -0.4 is 15.4 Å². The molecule has 0 bridgehead atoms. The number of benzene rings is 2. The molecule has 2 amide bonds. The maximum absolute atomic E-state index is 12.6. The molecule has 1 aromatic heterocycles. The van der Waals surface area contributed by atoms with Crippen molar-refractivity contribution in [2.75, 3.05) is 23.5 Å². The molecule has 0 saturated heterocycles. The lowest BCUT2D eigenvalue weighted by Crippen LogP contribution is -2.17. The summed E-state index contributed by atoms with van der Waals surface area (Å²) in [5.74, 6) is 0.234. The van der Waals surface area contributed by atoms with Gasteiger partial charge in [-0.05, 0) is 30.2 Å². The average Bonchev–Trinajstić information content (AvgIpc) is 3.21. The highest BCUT2D eigenvalue weighted by Crippen LogP contribution is 2.28. The van der Waals surface area contributed by atoms with Crippen LogP contribution in [0.5, 0.6) is 5.75 Å². The molecule has 0 unspecified atom stereocenters. The van der Waals surface area contributed by atoms with E-state index in [4.69, 9.17) is 4.74 Å². The molecule has 0 saturated carbocycles. The fourth-order valence-electron chi connectivity index (χ4n) is 2.90. The molecule has 2 aromatic carbocycles. The van der Waals surface area contributed by atoms with Crippen LogP contribution >= 0.6 is 11.8 Å². The van der Waals surface area contributed by atoms with E-state index in [0.29, 0.717) is 22.3 Å². The number of carbonyl (C=O) groups is 2. The summed E-state index contributed by atoms with van der Waals surface area (Å²) >= 11 is 1.28. The average molecular weight is 426 g/mol. The highest BCUT2D eigenvalue weighted by Gasteiger charge is 2.14. The van der Waals surface area contributed by atoms with E-state index in [1.165, 1.54) is 31.4 Å². The van der Waals surface area contributed by atoms with Crippen molar-refractivity contribution >= 4 is 35.0 Å². The van der Waals surface area contributed by atoms with Gasteiger partial charge >= 0.3 is 0 Å². The van der Waals surface area contributed by atoms with E-state index in [1.807, 2.05) is 22.8 Å². The predicted molar refractivity (Wildman–Crippen MR) is 117 cm³/mol. The van der Waals surface area contributed by atoms with Gasteiger partial charge in [0.1, 0.15) is 12.1 Å². The summed E-state index contributed by atoms with van der Waals surface area (Å²) in [6.45, 7) is 3.50. The highest BCUT2D eigenvalue weighted by atomic mass is 32.2. The van der Waals surface area contributed by atoms with Gasteiger partial charge in [-0.25, -0.2) is 0 Å². The first kappa shape index (κ1) is 21.4. The first-order valence-corrected chi connectivity index (χ1v) is 10.4. The number of ether oxygens (including phenoxy) is 1. The smallest absolute Gasteiger partial charge is 0.234 e. The van der Waals surface area contributed by atoms with Crippen molar-refractivity contribution in [3.05, 3.63) is 54.4 Å². The minimum absolute atomic E-state index is 0.129. The number of anilines is 2. The molecule has 156 valence electrons. The molecule has 8 nitrogen and oxygen atoms in total. The fourth-order valence-corrected chi connectivity index (χ4v) is 3.62. The molecule has 0 fully saturated rings. The number of para-hydroxylation sites is 1. The van der Waals surface area contributed by atoms with Crippen LogP contribution in [0.4, 0.5) is 11.4 Å². The zero-order valence-electron chi connectivity index (χ0n) is 17.0. The van der Waals surface area contributed by atoms with Crippen molar-refractivity contribution in [3.63, 3.8) is 0 Å². The van der Waals surface area contributed by atoms with Crippen LogP contribution in [-0.4, -0.2) is 39.4 Å². The van der Waals surface area contributed by atoms with Crippen molar-refractivity contribution in [1.29, 1.82) is 0 Å².